The molecule has 0 fully saturated rings. The van der Waals surface area contributed by atoms with Crippen LogP contribution in [-0.2, 0) is 0 Å². The van der Waals surface area contributed by atoms with Crippen molar-refractivity contribution in [2.45, 2.75) is 0 Å². The number of anilines is 3. The topological polar surface area (TPSA) is 55.3 Å². The molecule has 230 valence electrons. The first-order chi connectivity index (χ1) is 24.3. The molecule has 3 aromatic heterocycles. The van der Waals surface area contributed by atoms with Gasteiger partial charge in [-0.2, -0.15) is 0 Å². The zero-order valence-electron chi connectivity index (χ0n) is 26.2. The van der Waals surface area contributed by atoms with Crippen LogP contribution in [0.3, 0.4) is 0 Å². The van der Waals surface area contributed by atoms with Crippen molar-refractivity contribution in [2.75, 3.05) is 4.90 Å². The van der Waals surface area contributed by atoms with Crippen LogP contribution in [0.25, 0.3) is 77.4 Å². The molecule has 10 aromatic rings. The van der Waals surface area contributed by atoms with E-state index < -0.39 is 0 Å². The van der Waals surface area contributed by atoms with Gasteiger partial charge in [0.05, 0.1) is 0 Å². The Balaban J connectivity index is 1.26. The van der Waals surface area contributed by atoms with Crippen LogP contribution in [0.2, 0.25) is 0 Å². The summed E-state index contributed by atoms with van der Waals surface area (Å²) in [6.45, 7) is 0. The van der Waals surface area contributed by atoms with E-state index in [2.05, 4.69) is 120 Å². The Morgan fingerprint density at radius 1 is 0.449 bits per heavy atom. The highest BCUT2D eigenvalue weighted by Gasteiger charge is 2.23. The maximum atomic E-state index is 6.85. The van der Waals surface area contributed by atoms with Gasteiger partial charge in [-0.05, 0) is 60.0 Å². The number of rotatable bonds is 5. The van der Waals surface area contributed by atoms with Gasteiger partial charge in [-0.15, -0.1) is 0 Å². The second-order valence-electron chi connectivity index (χ2n) is 12.2. The lowest BCUT2D eigenvalue weighted by atomic mass is 9.99. The van der Waals surface area contributed by atoms with Gasteiger partial charge in [0.2, 0.25) is 0 Å². The summed E-state index contributed by atoms with van der Waals surface area (Å²) < 4.78 is 13.2. The number of fused-ring (bicyclic) bond motifs is 8. The van der Waals surface area contributed by atoms with Crippen molar-refractivity contribution in [3.8, 4) is 22.6 Å². The summed E-state index contributed by atoms with van der Waals surface area (Å²) in [4.78, 5) is 12.7. The maximum Gasteiger partial charge on any atom is 0.180 e. The zero-order valence-corrected chi connectivity index (χ0v) is 26.2. The molecule has 0 saturated heterocycles. The summed E-state index contributed by atoms with van der Waals surface area (Å²) in [6, 6.07) is 56.1. The Hall–Kier alpha value is -6.72. The highest BCUT2D eigenvalue weighted by Crippen LogP contribution is 2.44. The minimum Gasteiger partial charge on any atom is -0.455 e. The molecule has 7 aromatic carbocycles. The number of hydrogen-bond donors (Lipinski definition) is 0. The molecule has 0 aliphatic rings. The molecule has 0 atom stereocenters. The number of nitrogens with zero attached hydrogens (tertiary/aromatic N) is 3. The lowest BCUT2D eigenvalue weighted by Gasteiger charge is -2.25. The summed E-state index contributed by atoms with van der Waals surface area (Å²) in [5, 5.41) is 5.04. The highest BCUT2D eigenvalue weighted by atomic mass is 16.3. The SMILES string of the molecule is c1ccc(-c2nc(-c3cc4ccccc4c4oc5cc(N(c6ccccc6)c6ccccc6)ccc5c34)nc3c2oc2ccccc23)cc1. The predicted octanol–water partition coefficient (Wildman–Crippen LogP) is 12.2. The van der Waals surface area contributed by atoms with Crippen LogP contribution in [-0.4, -0.2) is 9.97 Å². The van der Waals surface area contributed by atoms with Crippen molar-refractivity contribution in [1.82, 2.24) is 9.97 Å². The fourth-order valence-corrected chi connectivity index (χ4v) is 7.02. The standard InChI is InChI=1S/C44H27N3O2/c1-4-14-28(15-5-1)40-43-41(35-22-12-13-23-37(35)48-43)46-44(45-40)36-26-29-16-10-11-21-33(29)42-39(36)34-25-24-32(27-38(34)49-42)47(30-17-6-2-7-18-30)31-19-8-3-9-20-31/h1-27H. The molecular weight excluding hydrogens is 603 g/mol. The fourth-order valence-electron chi connectivity index (χ4n) is 7.02. The molecule has 5 nitrogen and oxygen atoms in total. The van der Waals surface area contributed by atoms with Gasteiger partial charge < -0.3 is 13.7 Å². The molecular formula is C44H27N3O2. The van der Waals surface area contributed by atoms with E-state index >= 15 is 0 Å². The quantitative estimate of drug-likeness (QED) is 0.190. The average Bonchev–Trinajstić information content (AvgIpc) is 3.74. The second kappa shape index (κ2) is 10.9. The normalized spacial score (nSPS) is 11.7. The lowest BCUT2D eigenvalue weighted by molar-refractivity contribution is 0.667. The number of aromatic nitrogens is 2. The van der Waals surface area contributed by atoms with Gasteiger partial charge in [0.25, 0.3) is 0 Å². The summed E-state index contributed by atoms with van der Waals surface area (Å²) >= 11 is 0. The molecule has 0 bridgehead atoms. The molecule has 0 N–H and O–H groups in total. The van der Waals surface area contributed by atoms with Crippen molar-refractivity contribution in [3.63, 3.8) is 0 Å². The van der Waals surface area contributed by atoms with Crippen LogP contribution in [0.15, 0.2) is 173 Å². The summed E-state index contributed by atoms with van der Waals surface area (Å²) in [5.41, 5.74) is 9.63. The van der Waals surface area contributed by atoms with Crippen LogP contribution in [0.4, 0.5) is 17.1 Å². The average molecular weight is 630 g/mol. The third-order valence-electron chi connectivity index (χ3n) is 9.24. The van der Waals surface area contributed by atoms with Crippen molar-refractivity contribution in [1.29, 1.82) is 0 Å². The minimum absolute atomic E-state index is 0.621. The van der Waals surface area contributed by atoms with Crippen LogP contribution in [0.5, 0.6) is 0 Å². The first-order valence-corrected chi connectivity index (χ1v) is 16.3. The van der Waals surface area contributed by atoms with Gasteiger partial charge in [-0.1, -0.05) is 103 Å². The van der Waals surface area contributed by atoms with Crippen molar-refractivity contribution >= 4 is 71.8 Å². The van der Waals surface area contributed by atoms with E-state index in [1.165, 1.54) is 0 Å². The van der Waals surface area contributed by atoms with E-state index in [9.17, 15) is 0 Å². The summed E-state index contributed by atoms with van der Waals surface area (Å²) in [5.74, 6) is 0.621. The summed E-state index contributed by atoms with van der Waals surface area (Å²) in [6.07, 6.45) is 0. The van der Waals surface area contributed by atoms with E-state index in [4.69, 9.17) is 18.8 Å². The molecule has 0 unspecified atom stereocenters. The van der Waals surface area contributed by atoms with Gasteiger partial charge in [0, 0.05) is 55.8 Å². The summed E-state index contributed by atoms with van der Waals surface area (Å²) in [7, 11) is 0. The molecule has 0 aliphatic heterocycles. The Bertz CT molecular complexity index is 2780. The van der Waals surface area contributed by atoms with Crippen molar-refractivity contribution < 1.29 is 8.83 Å². The molecule has 5 heteroatoms. The van der Waals surface area contributed by atoms with E-state index in [0.29, 0.717) is 11.4 Å². The fraction of sp³-hybridized carbons (Fsp3) is 0. The van der Waals surface area contributed by atoms with Gasteiger partial charge in [-0.25, -0.2) is 9.97 Å². The third-order valence-corrected chi connectivity index (χ3v) is 9.24. The molecule has 0 radical (unpaired) electrons. The number of benzene rings is 7. The van der Waals surface area contributed by atoms with Gasteiger partial charge in [0.1, 0.15) is 28.0 Å². The van der Waals surface area contributed by atoms with Crippen LogP contribution in [0, 0.1) is 0 Å². The molecule has 0 spiro atoms. The van der Waals surface area contributed by atoms with E-state index in [-0.39, 0.29) is 0 Å². The molecule has 3 heterocycles. The van der Waals surface area contributed by atoms with E-state index in [1.807, 2.05) is 48.5 Å². The number of hydrogen-bond acceptors (Lipinski definition) is 5. The largest absolute Gasteiger partial charge is 0.455 e. The van der Waals surface area contributed by atoms with Gasteiger partial charge in [0.15, 0.2) is 11.4 Å². The van der Waals surface area contributed by atoms with Crippen molar-refractivity contribution in [3.05, 3.63) is 164 Å². The van der Waals surface area contributed by atoms with Gasteiger partial charge in [-0.3, -0.25) is 0 Å². The Morgan fingerprint density at radius 3 is 1.84 bits per heavy atom. The maximum absolute atomic E-state index is 6.85. The van der Waals surface area contributed by atoms with Crippen LogP contribution >= 0.6 is 0 Å². The number of furan rings is 2. The third kappa shape index (κ3) is 4.40. The molecule has 10 rings (SSSR count). The number of para-hydroxylation sites is 3. The van der Waals surface area contributed by atoms with E-state index in [0.717, 1.165) is 83.1 Å². The first-order valence-electron chi connectivity index (χ1n) is 16.3. The Kier molecular flexibility index (Phi) is 6.11. The molecule has 0 saturated carbocycles. The minimum atomic E-state index is 0.621. The molecule has 0 amide bonds. The van der Waals surface area contributed by atoms with Crippen molar-refractivity contribution in [2.24, 2.45) is 0 Å². The Labute approximate surface area is 281 Å². The second-order valence-corrected chi connectivity index (χ2v) is 12.2. The zero-order chi connectivity index (χ0) is 32.3. The monoisotopic (exact) mass is 629 g/mol. The lowest BCUT2D eigenvalue weighted by Crippen LogP contribution is -2.09. The molecule has 49 heavy (non-hydrogen) atoms. The predicted molar refractivity (Wildman–Crippen MR) is 200 cm³/mol. The van der Waals surface area contributed by atoms with Crippen LogP contribution < -0.4 is 4.90 Å². The smallest absolute Gasteiger partial charge is 0.180 e. The molecule has 0 aliphatic carbocycles. The van der Waals surface area contributed by atoms with E-state index in [1.54, 1.807) is 0 Å². The Morgan fingerprint density at radius 2 is 1.08 bits per heavy atom. The van der Waals surface area contributed by atoms with Crippen LogP contribution in [0.1, 0.15) is 0 Å². The van der Waals surface area contributed by atoms with Gasteiger partial charge >= 0.3 is 0 Å². The first kappa shape index (κ1) is 27.4. The highest BCUT2D eigenvalue weighted by molar-refractivity contribution is 6.21.